The second-order valence-corrected chi connectivity index (χ2v) is 31.0. The van der Waals surface area contributed by atoms with Crippen molar-refractivity contribution < 1.29 is 0 Å². The molecule has 0 saturated heterocycles. The molecule has 2 unspecified atom stereocenters. The van der Waals surface area contributed by atoms with E-state index in [1.165, 1.54) is 151 Å². The molecule has 3 nitrogen and oxygen atoms in total. The summed E-state index contributed by atoms with van der Waals surface area (Å²) in [6.07, 6.45) is 8.16. The molecule has 2 atom stereocenters. The molecule has 9 aromatic rings. The van der Waals surface area contributed by atoms with Gasteiger partial charge in [-0.2, -0.15) is 0 Å². The Labute approximate surface area is 487 Å². The summed E-state index contributed by atoms with van der Waals surface area (Å²) in [6.45, 7) is 34.8. The Morgan fingerprint density at radius 3 is 1.70 bits per heavy atom. The minimum Gasteiger partial charge on any atom is -0.334 e. The van der Waals surface area contributed by atoms with E-state index in [0.29, 0.717) is 0 Å². The number of nitrogens with zero attached hydrogens (tertiary/aromatic N) is 3. The fourth-order valence-electron chi connectivity index (χ4n) is 17.4. The Bertz CT molecular complexity index is 4170. The van der Waals surface area contributed by atoms with Crippen molar-refractivity contribution in [2.45, 2.75) is 180 Å². The topological polar surface area (TPSA) is 9.72 Å². The Hall–Kier alpha value is -6.56. The van der Waals surface area contributed by atoms with Gasteiger partial charge in [0.1, 0.15) is 0 Å². The zero-order valence-electron chi connectivity index (χ0n) is 50.6. The maximum Gasteiger partial charge on any atom is 0.252 e. The van der Waals surface area contributed by atoms with Gasteiger partial charge in [0.05, 0.1) is 11.2 Å². The van der Waals surface area contributed by atoms with Gasteiger partial charge in [-0.25, -0.2) is 0 Å². The number of benzene rings is 8. The number of hydrogen-bond acceptors (Lipinski definition) is 4. The predicted octanol–water partition coefficient (Wildman–Crippen LogP) is 19.5. The molecule has 1 saturated carbocycles. The second-order valence-electron chi connectivity index (χ2n) is 29.9. The zero-order chi connectivity index (χ0) is 56.3. The van der Waals surface area contributed by atoms with Crippen LogP contribution >= 0.6 is 11.3 Å². The summed E-state index contributed by atoms with van der Waals surface area (Å²) >= 11 is 1.93. The van der Waals surface area contributed by atoms with Gasteiger partial charge in [-0.1, -0.05) is 181 Å². The van der Waals surface area contributed by atoms with Crippen molar-refractivity contribution in [2.24, 2.45) is 0 Å². The fourth-order valence-corrected chi connectivity index (χ4v) is 18.5. The average Bonchev–Trinajstić information content (AvgIpc) is 3.76. The molecular weight excluding hydrogens is 998 g/mol. The molecule has 408 valence electrons. The number of anilines is 8. The summed E-state index contributed by atoms with van der Waals surface area (Å²) in [5.74, 6) is 0. The second kappa shape index (κ2) is 16.8. The average molecular weight is 1080 g/mol. The third kappa shape index (κ3) is 7.12. The number of thiophene rings is 1. The quantitative estimate of drug-likeness (QED) is 0.163. The number of aryl methyl sites for hydroxylation is 1. The summed E-state index contributed by atoms with van der Waals surface area (Å²) in [4.78, 5) is 8.43. The van der Waals surface area contributed by atoms with Gasteiger partial charge in [0.15, 0.2) is 0 Å². The minimum atomic E-state index is -0.184. The van der Waals surface area contributed by atoms with Crippen LogP contribution in [0.1, 0.15) is 174 Å². The lowest BCUT2D eigenvalue weighted by molar-refractivity contribution is 0.195. The summed E-state index contributed by atoms with van der Waals surface area (Å²) in [5.41, 5.74) is 27.3. The van der Waals surface area contributed by atoms with Gasteiger partial charge in [0, 0.05) is 65.4 Å². The molecule has 3 aliphatic carbocycles. The third-order valence-corrected chi connectivity index (χ3v) is 23.0. The van der Waals surface area contributed by atoms with E-state index in [-0.39, 0.29) is 44.7 Å². The summed E-state index contributed by atoms with van der Waals surface area (Å²) in [7, 11) is 0. The molecule has 1 aromatic heterocycles. The Morgan fingerprint density at radius 1 is 0.457 bits per heavy atom. The third-order valence-electron chi connectivity index (χ3n) is 21.9. The van der Waals surface area contributed by atoms with Gasteiger partial charge >= 0.3 is 0 Å². The first-order valence-electron chi connectivity index (χ1n) is 30.6. The van der Waals surface area contributed by atoms with E-state index in [9.17, 15) is 0 Å². The van der Waals surface area contributed by atoms with Crippen molar-refractivity contribution in [3.63, 3.8) is 0 Å². The van der Waals surface area contributed by atoms with Gasteiger partial charge < -0.3 is 14.7 Å². The predicted molar refractivity (Wildman–Crippen MR) is 351 cm³/mol. The van der Waals surface area contributed by atoms with Gasteiger partial charge in [-0.05, 0) is 200 Å². The maximum absolute atomic E-state index is 2.87. The molecule has 81 heavy (non-hydrogen) atoms. The lowest BCUT2D eigenvalue weighted by Crippen LogP contribution is -2.62. The van der Waals surface area contributed by atoms with Crippen LogP contribution in [0.25, 0.3) is 31.3 Å². The molecule has 1 fully saturated rings. The molecule has 0 radical (unpaired) electrons. The molecule has 15 rings (SSSR count). The normalized spacial score (nSPS) is 22.2. The molecule has 0 amide bonds. The molecule has 0 N–H and O–H groups in total. The van der Waals surface area contributed by atoms with E-state index < -0.39 is 0 Å². The van der Waals surface area contributed by atoms with Crippen LogP contribution < -0.4 is 31.1 Å². The van der Waals surface area contributed by atoms with Crippen LogP contribution in [-0.2, 0) is 32.5 Å². The van der Waals surface area contributed by atoms with E-state index in [0.717, 1.165) is 25.7 Å². The van der Waals surface area contributed by atoms with Crippen LogP contribution in [0, 0.1) is 6.92 Å². The standard InChI is InChI=1S/C76H80BN3S/c1-46-37-49(70(2,3)4)30-32-59(46)78-62-43-54-52(71(5,6)35-36-72(54,7)8)41-57(62)77-58-42-53-55(74(11,12)45-73(53,9)10)44-63(58)79(61-26-22-28-67-68(61)51-25-18-19-27-66(51)81-67)65-40-50(39-64(78)69(65)77)80-60-31-29-48(47-23-16-15-17-24-47)38-56(60)75(13)33-20-21-34-76(75,80)14/h15-19,22-32,37-44H,20-21,33-36,45H2,1-14H3. The molecule has 6 aliphatic rings. The lowest BCUT2D eigenvalue weighted by Gasteiger charge is -2.51. The van der Waals surface area contributed by atoms with E-state index in [1.807, 2.05) is 11.3 Å². The van der Waals surface area contributed by atoms with Crippen LogP contribution in [0.5, 0.6) is 0 Å². The van der Waals surface area contributed by atoms with Crippen molar-refractivity contribution in [2.75, 3.05) is 14.7 Å². The van der Waals surface area contributed by atoms with E-state index in [2.05, 4.69) is 257 Å². The van der Waals surface area contributed by atoms with Crippen molar-refractivity contribution in [3.8, 4) is 11.1 Å². The molecule has 8 aromatic carbocycles. The molecule has 0 bridgehead atoms. The maximum atomic E-state index is 2.87. The first-order chi connectivity index (χ1) is 38.4. The van der Waals surface area contributed by atoms with E-state index >= 15 is 0 Å². The Kier molecular flexibility index (Phi) is 10.7. The van der Waals surface area contributed by atoms with Crippen LogP contribution in [0.2, 0.25) is 0 Å². The monoisotopic (exact) mass is 1080 g/mol. The summed E-state index contributed by atoms with van der Waals surface area (Å²) < 4.78 is 2.66. The van der Waals surface area contributed by atoms with Gasteiger partial charge in [0.2, 0.25) is 0 Å². The first-order valence-corrected chi connectivity index (χ1v) is 31.4. The van der Waals surface area contributed by atoms with Crippen molar-refractivity contribution in [3.05, 3.63) is 185 Å². The number of hydrogen-bond donors (Lipinski definition) is 0. The highest BCUT2D eigenvalue weighted by Gasteiger charge is 2.59. The van der Waals surface area contributed by atoms with Gasteiger partial charge in [0.25, 0.3) is 6.71 Å². The van der Waals surface area contributed by atoms with Crippen LogP contribution in [-0.4, -0.2) is 12.3 Å². The Morgan fingerprint density at radius 2 is 1.04 bits per heavy atom. The van der Waals surface area contributed by atoms with E-state index in [4.69, 9.17) is 0 Å². The highest BCUT2D eigenvalue weighted by molar-refractivity contribution is 7.26. The molecule has 4 heterocycles. The highest BCUT2D eigenvalue weighted by atomic mass is 32.1. The lowest BCUT2D eigenvalue weighted by atomic mass is 9.33. The molecule has 5 heteroatoms. The summed E-state index contributed by atoms with van der Waals surface area (Å²) in [6, 6.07) is 58.5. The van der Waals surface area contributed by atoms with E-state index in [1.54, 1.807) is 0 Å². The van der Waals surface area contributed by atoms with Crippen molar-refractivity contribution in [1.82, 2.24) is 0 Å². The smallest absolute Gasteiger partial charge is 0.252 e. The zero-order valence-corrected chi connectivity index (χ0v) is 51.4. The number of fused-ring (bicyclic) bond motifs is 12. The largest absolute Gasteiger partial charge is 0.334 e. The van der Waals surface area contributed by atoms with Crippen molar-refractivity contribution in [1.29, 1.82) is 0 Å². The van der Waals surface area contributed by atoms with Crippen LogP contribution in [0.4, 0.5) is 45.5 Å². The highest BCUT2D eigenvalue weighted by Crippen LogP contribution is 2.63. The minimum absolute atomic E-state index is 0.00149. The van der Waals surface area contributed by atoms with Crippen molar-refractivity contribution >= 4 is 100 Å². The Balaban J connectivity index is 1.11. The first kappa shape index (κ1) is 51.3. The molecule has 0 spiro atoms. The number of rotatable bonds is 4. The van der Waals surface area contributed by atoms with Crippen LogP contribution in [0.3, 0.4) is 0 Å². The molecule has 3 aliphatic heterocycles. The fraction of sp³-hybridized carbons (Fsp3) is 0.368. The van der Waals surface area contributed by atoms with Crippen LogP contribution in [0.15, 0.2) is 146 Å². The summed E-state index contributed by atoms with van der Waals surface area (Å²) in [5, 5.41) is 2.67. The SMILES string of the molecule is Cc1cc(C(C)(C)C)ccc1N1c2cc3c(cc2B2c4cc5c(cc4N(c4cccc6sc7ccccc7c46)c4cc(N6c7ccc(-c8ccccc8)cc7C7(C)CCCCC67C)cc1c42)C(C)(C)CC5(C)C)C(C)(C)CCC3(C)C. The van der Waals surface area contributed by atoms with Gasteiger partial charge in [-0.3, -0.25) is 0 Å². The van der Waals surface area contributed by atoms with Gasteiger partial charge in [-0.15, -0.1) is 11.3 Å². The molecular formula is C76H80BN3S.